The lowest BCUT2D eigenvalue weighted by Crippen LogP contribution is -2.45. The molecule has 0 radical (unpaired) electrons. The average molecular weight is 467 g/mol. The summed E-state index contributed by atoms with van der Waals surface area (Å²) in [6.45, 7) is 8.97. The number of sulfonamides is 1. The molecule has 0 aromatic heterocycles. The average Bonchev–Trinajstić information content (AvgIpc) is 2.80. The molecule has 8 nitrogen and oxygen atoms in total. The van der Waals surface area contributed by atoms with Gasteiger partial charge in [0.25, 0.3) is 0 Å². The van der Waals surface area contributed by atoms with Crippen molar-refractivity contribution in [2.75, 3.05) is 58.2 Å². The van der Waals surface area contributed by atoms with Crippen LogP contribution in [-0.4, -0.2) is 87.4 Å². The van der Waals surface area contributed by atoms with Gasteiger partial charge in [-0.15, -0.1) is 0 Å². The molecule has 0 saturated carbocycles. The van der Waals surface area contributed by atoms with Crippen LogP contribution in [0.1, 0.15) is 46.0 Å². The number of carbonyl (C=O) groups excluding carboxylic acids is 1. The lowest BCUT2D eigenvalue weighted by molar-refractivity contribution is -0.117. The Morgan fingerprint density at radius 2 is 1.81 bits per heavy atom. The van der Waals surface area contributed by atoms with Gasteiger partial charge in [0.1, 0.15) is 5.75 Å². The molecule has 0 spiro atoms. The molecule has 1 N–H and O–H groups in total. The van der Waals surface area contributed by atoms with Gasteiger partial charge in [0.05, 0.1) is 23.7 Å². The zero-order valence-electron chi connectivity index (χ0n) is 19.7. The summed E-state index contributed by atoms with van der Waals surface area (Å²) in [5.74, 6) is 0.316. The van der Waals surface area contributed by atoms with Crippen molar-refractivity contribution >= 4 is 21.6 Å². The monoisotopic (exact) mass is 466 g/mol. The second-order valence-electron chi connectivity index (χ2n) is 8.68. The quantitative estimate of drug-likeness (QED) is 0.603. The van der Waals surface area contributed by atoms with E-state index in [4.69, 9.17) is 4.74 Å². The normalized spacial score (nSPS) is 19.2. The van der Waals surface area contributed by atoms with Gasteiger partial charge >= 0.3 is 0 Å². The molecule has 2 aliphatic heterocycles. The minimum Gasteiger partial charge on any atom is -0.492 e. The number of nitrogens with zero attached hydrogens (tertiary/aromatic N) is 3. The van der Waals surface area contributed by atoms with E-state index in [2.05, 4.69) is 22.0 Å². The fourth-order valence-electron chi connectivity index (χ4n) is 4.52. The van der Waals surface area contributed by atoms with Crippen molar-refractivity contribution in [3.05, 3.63) is 18.2 Å². The number of carbonyl (C=O) groups is 1. The van der Waals surface area contributed by atoms with E-state index < -0.39 is 10.0 Å². The van der Waals surface area contributed by atoms with Crippen LogP contribution in [0.5, 0.6) is 5.75 Å². The van der Waals surface area contributed by atoms with E-state index in [1.54, 1.807) is 12.1 Å². The molecule has 2 saturated heterocycles. The number of anilines is 1. The van der Waals surface area contributed by atoms with E-state index in [1.807, 2.05) is 14.0 Å². The molecule has 3 rings (SSSR count). The van der Waals surface area contributed by atoms with Gasteiger partial charge in [0.2, 0.25) is 15.9 Å². The molecule has 1 aromatic rings. The van der Waals surface area contributed by atoms with Crippen LogP contribution >= 0.6 is 0 Å². The Hall–Kier alpha value is -1.68. The number of hydrogen-bond acceptors (Lipinski definition) is 6. The summed E-state index contributed by atoms with van der Waals surface area (Å²) in [6, 6.07) is 5.12. The van der Waals surface area contributed by atoms with Gasteiger partial charge in [-0.05, 0) is 77.5 Å². The molecule has 180 valence electrons. The lowest BCUT2D eigenvalue weighted by Gasteiger charge is -2.36. The Morgan fingerprint density at radius 3 is 2.44 bits per heavy atom. The highest BCUT2D eigenvalue weighted by Gasteiger charge is 2.27. The first-order chi connectivity index (χ1) is 15.3. The topological polar surface area (TPSA) is 82.2 Å². The number of ether oxygens (including phenoxy) is 1. The van der Waals surface area contributed by atoms with Crippen LogP contribution in [0.25, 0.3) is 0 Å². The second-order valence-corrected chi connectivity index (χ2v) is 10.6. The van der Waals surface area contributed by atoms with Gasteiger partial charge in [0, 0.05) is 19.1 Å². The maximum Gasteiger partial charge on any atom is 0.243 e. The maximum atomic E-state index is 13.1. The fourth-order valence-corrected chi connectivity index (χ4v) is 6.07. The molecule has 0 bridgehead atoms. The number of likely N-dealkylation sites (tertiary alicyclic amines) is 1. The highest BCUT2D eigenvalue weighted by Crippen LogP contribution is 2.30. The smallest absolute Gasteiger partial charge is 0.243 e. The van der Waals surface area contributed by atoms with Crippen LogP contribution in [0, 0.1) is 0 Å². The summed E-state index contributed by atoms with van der Waals surface area (Å²) in [7, 11) is -1.61. The van der Waals surface area contributed by atoms with Crippen molar-refractivity contribution < 1.29 is 17.9 Å². The zero-order valence-corrected chi connectivity index (χ0v) is 20.5. The van der Waals surface area contributed by atoms with Crippen molar-refractivity contribution in [3.8, 4) is 5.75 Å². The second kappa shape index (κ2) is 11.4. The van der Waals surface area contributed by atoms with Gasteiger partial charge in [-0.3, -0.25) is 9.69 Å². The summed E-state index contributed by atoms with van der Waals surface area (Å²) in [5, 5.41) is 2.90. The van der Waals surface area contributed by atoms with Crippen molar-refractivity contribution in [1.29, 1.82) is 0 Å². The fraction of sp³-hybridized carbons (Fsp3) is 0.696. The number of hydrogen-bond donors (Lipinski definition) is 1. The standard InChI is InChI=1S/C23H38N4O4S/c1-4-26-15-11-19(12-16-26)25(3)18-23(28)24-21-17-20(9-10-22(21)31-5-2)32(29,30)27-13-7-6-8-14-27/h9-10,17,19H,4-8,11-16,18H2,1-3H3,(H,24,28). The molecule has 0 atom stereocenters. The predicted octanol–water partition coefficient (Wildman–Crippen LogP) is 2.61. The summed E-state index contributed by atoms with van der Waals surface area (Å²) in [5.41, 5.74) is 0.407. The number of benzene rings is 1. The van der Waals surface area contributed by atoms with E-state index >= 15 is 0 Å². The zero-order chi connectivity index (χ0) is 23.1. The van der Waals surface area contributed by atoms with Crippen LogP contribution in [0.2, 0.25) is 0 Å². The minimum atomic E-state index is -3.59. The third kappa shape index (κ3) is 6.21. The van der Waals surface area contributed by atoms with Crippen LogP contribution in [0.15, 0.2) is 23.1 Å². The Balaban J connectivity index is 1.69. The first-order valence-electron chi connectivity index (χ1n) is 11.8. The van der Waals surface area contributed by atoms with Gasteiger partial charge in [-0.25, -0.2) is 8.42 Å². The van der Waals surface area contributed by atoms with Crippen molar-refractivity contribution in [1.82, 2.24) is 14.1 Å². The molecule has 0 aliphatic carbocycles. The van der Waals surface area contributed by atoms with E-state index in [-0.39, 0.29) is 17.3 Å². The molecular formula is C23H38N4O4S. The van der Waals surface area contributed by atoms with E-state index in [0.29, 0.717) is 37.2 Å². The largest absolute Gasteiger partial charge is 0.492 e. The Kier molecular flexibility index (Phi) is 8.93. The van der Waals surface area contributed by atoms with Gasteiger partial charge in [-0.2, -0.15) is 4.31 Å². The number of piperidine rings is 2. The number of rotatable bonds is 9. The first kappa shape index (κ1) is 25.0. The third-order valence-corrected chi connectivity index (χ3v) is 8.39. The Labute approximate surface area is 192 Å². The Bertz CT molecular complexity index is 863. The van der Waals surface area contributed by atoms with Gasteiger partial charge < -0.3 is 15.0 Å². The molecule has 1 amide bonds. The van der Waals surface area contributed by atoms with Gasteiger partial charge in [0.15, 0.2) is 0 Å². The molecule has 0 unspecified atom stereocenters. The highest BCUT2D eigenvalue weighted by molar-refractivity contribution is 7.89. The number of likely N-dealkylation sites (N-methyl/N-ethyl adjacent to an activating group) is 1. The van der Waals surface area contributed by atoms with Crippen LogP contribution in [0.3, 0.4) is 0 Å². The van der Waals surface area contributed by atoms with E-state index in [0.717, 1.165) is 51.7 Å². The first-order valence-corrected chi connectivity index (χ1v) is 13.3. The molecule has 2 heterocycles. The molecular weight excluding hydrogens is 428 g/mol. The summed E-state index contributed by atoms with van der Waals surface area (Å²) < 4.78 is 33.4. The van der Waals surface area contributed by atoms with Crippen LogP contribution in [0.4, 0.5) is 5.69 Å². The molecule has 9 heteroatoms. The highest BCUT2D eigenvalue weighted by atomic mass is 32.2. The molecule has 2 aliphatic rings. The maximum absolute atomic E-state index is 13.1. The SMILES string of the molecule is CCOc1ccc(S(=O)(=O)N2CCCCC2)cc1NC(=O)CN(C)C1CCN(CC)CC1. The minimum absolute atomic E-state index is 0.168. The van der Waals surface area contributed by atoms with E-state index in [9.17, 15) is 13.2 Å². The van der Waals surface area contributed by atoms with Crippen molar-refractivity contribution in [3.63, 3.8) is 0 Å². The molecule has 2 fully saturated rings. The lowest BCUT2D eigenvalue weighted by atomic mass is 10.0. The summed E-state index contributed by atoms with van der Waals surface area (Å²) >= 11 is 0. The molecule has 1 aromatic carbocycles. The van der Waals surface area contributed by atoms with E-state index in [1.165, 1.54) is 10.4 Å². The third-order valence-electron chi connectivity index (χ3n) is 6.50. The summed E-state index contributed by atoms with van der Waals surface area (Å²) in [6.07, 6.45) is 4.91. The van der Waals surface area contributed by atoms with Crippen LogP contribution < -0.4 is 10.1 Å². The van der Waals surface area contributed by atoms with Crippen molar-refractivity contribution in [2.45, 2.75) is 56.9 Å². The number of amides is 1. The van der Waals surface area contributed by atoms with Gasteiger partial charge in [-0.1, -0.05) is 13.3 Å². The van der Waals surface area contributed by atoms with Crippen molar-refractivity contribution in [2.24, 2.45) is 0 Å². The Morgan fingerprint density at radius 1 is 1.12 bits per heavy atom. The predicted molar refractivity (Wildman–Crippen MR) is 127 cm³/mol. The summed E-state index contributed by atoms with van der Waals surface area (Å²) in [4.78, 5) is 17.5. The van der Waals surface area contributed by atoms with Crippen LogP contribution in [-0.2, 0) is 14.8 Å². The number of nitrogens with one attached hydrogen (secondary N) is 1. The molecule has 32 heavy (non-hydrogen) atoms.